The third-order valence-electron chi connectivity index (χ3n) is 6.25. The van der Waals surface area contributed by atoms with Crippen molar-refractivity contribution in [1.82, 2.24) is 15.1 Å². The molecule has 0 spiro atoms. The number of carbonyl (C=O) groups is 1. The summed E-state index contributed by atoms with van der Waals surface area (Å²) in [6, 6.07) is 26.3. The molecule has 1 aliphatic rings. The topological polar surface area (TPSA) is 77.1 Å². The molecule has 0 unspecified atom stereocenters. The highest BCUT2D eigenvalue weighted by Gasteiger charge is 2.16. The average Bonchev–Trinajstić information content (AvgIpc) is 3.12. The van der Waals surface area contributed by atoms with Crippen molar-refractivity contribution in [3.05, 3.63) is 95.6 Å². The van der Waals surface area contributed by atoms with E-state index in [-0.39, 0.29) is 19.2 Å². The van der Waals surface area contributed by atoms with Gasteiger partial charge in [-0.25, -0.2) is 4.79 Å². The first kappa shape index (κ1) is 25.7. The van der Waals surface area contributed by atoms with Crippen LogP contribution in [0.1, 0.15) is 23.1 Å². The molecule has 0 aliphatic carbocycles. The van der Waals surface area contributed by atoms with Crippen LogP contribution in [0.5, 0.6) is 5.75 Å². The largest absolute Gasteiger partial charge is 0.489 e. The summed E-state index contributed by atoms with van der Waals surface area (Å²) >= 11 is 0. The Morgan fingerprint density at radius 3 is 2.22 bits per heavy atom. The molecule has 3 aromatic rings. The lowest BCUT2D eigenvalue weighted by Gasteiger charge is -2.22. The molecule has 0 bridgehead atoms. The van der Waals surface area contributed by atoms with Gasteiger partial charge in [0.25, 0.3) is 0 Å². The van der Waals surface area contributed by atoms with E-state index in [0.29, 0.717) is 6.61 Å². The van der Waals surface area contributed by atoms with Gasteiger partial charge in [0.05, 0.1) is 6.61 Å². The second-order valence-corrected chi connectivity index (χ2v) is 9.13. The highest BCUT2D eigenvalue weighted by Crippen LogP contribution is 2.18. The van der Waals surface area contributed by atoms with E-state index < -0.39 is 0 Å². The average molecular weight is 489 g/mol. The number of hydrogen-bond acceptors (Lipinski definition) is 5. The lowest BCUT2D eigenvalue weighted by molar-refractivity contribution is 0.244. The lowest BCUT2D eigenvalue weighted by atomic mass is 10.2. The van der Waals surface area contributed by atoms with Gasteiger partial charge in [-0.15, -0.1) is 0 Å². The van der Waals surface area contributed by atoms with E-state index in [1.165, 1.54) is 16.7 Å². The minimum Gasteiger partial charge on any atom is -0.489 e. The van der Waals surface area contributed by atoms with Gasteiger partial charge in [-0.3, -0.25) is 9.80 Å². The Hall–Kier alpha value is -3.39. The van der Waals surface area contributed by atoms with Crippen molar-refractivity contribution in [2.45, 2.75) is 26.1 Å². The summed E-state index contributed by atoms with van der Waals surface area (Å²) in [5.74, 6) is 0.896. The summed E-state index contributed by atoms with van der Waals surface area (Å²) in [5, 5.41) is 14.3. The minimum absolute atomic E-state index is 0.0755. The van der Waals surface area contributed by atoms with Crippen molar-refractivity contribution in [1.29, 1.82) is 0 Å². The first-order chi connectivity index (χ1) is 17.7. The maximum absolute atomic E-state index is 11.9. The van der Waals surface area contributed by atoms with Crippen LogP contribution < -0.4 is 15.4 Å². The molecular weight excluding hydrogens is 452 g/mol. The monoisotopic (exact) mass is 488 g/mol. The van der Waals surface area contributed by atoms with Crippen LogP contribution in [0.15, 0.2) is 78.9 Å². The molecule has 7 heteroatoms. The molecule has 7 nitrogen and oxygen atoms in total. The van der Waals surface area contributed by atoms with Crippen LogP contribution in [0.4, 0.5) is 10.5 Å². The summed E-state index contributed by atoms with van der Waals surface area (Å²) < 4.78 is 5.92. The zero-order chi connectivity index (χ0) is 25.0. The van der Waals surface area contributed by atoms with E-state index in [0.717, 1.165) is 57.1 Å². The van der Waals surface area contributed by atoms with Crippen molar-refractivity contribution >= 4 is 11.7 Å². The number of amides is 2. The van der Waals surface area contributed by atoms with E-state index in [1.54, 1.807) is 0 Å². The molecule has 1 aliphatic heterocycles. The molecule has 190 valence electrons. The van der Waals surface area contributed by atoms with Crippen LogP contribution in [-0.4, -0.2) is 60.3 Å². The van der Waals surface area contributed by atoms with Gasteiger partial charge < -0.3 is 20.5 Å². The van der Waals surface area contributed by atoms with Gasteiger partial charge in [0, 0.05) is 38.4 Å². The fourth-order valence-electron chi connectivity index (χ4n) is 4.38. The molecule has 1 heterocycles. The van der Waals surface area contributed by atoms with Gasteiger partial charge in [0.2, 0.25) is 0 Å². The molecule has 4 rings (SSSR count). The van der Waals surface area contributed by atoms with Crippen LogP contribution in [0.2, 0.25) is 0 Å². The van der Waals surface area contributed by atoms with Gasteiger partial charge in [-0.1, -0.05) is 54.6 Å². The van der Waals surface area contributed by atoms with E-state index in [4.69, 9.17) is 9.84 Å². The van der Waals surface area contributed by atoms with Crippen molar-refractivity contribution < 1.29 is 14.6 Å². The third kappa shape index (κ3) is 8.37. The van der Waals surface area contributed by atoms with Gasteiger partial charge >= 0.3 is 6.03 Å². The maximum Gasteiger partial charge on any atom is 0.319 e. The van der Waals surface area contributed by atoms with Crippen molar-refractivity contribution in [2.24, 2.45) is 0 Å². The molecule has 3 aromatic carbocycles. The number of nitrogens with zero attached hydrogens (tertiary/aromatic N) is 2. The standard InChI is InChI=1S/C29H36N4O3/c34-19-14-30-29(35)31-27-9-4-8-26(20-27)22-33-16-5-15-32(17-18-33)21-24-10-12-28(13-11-24)36-23-25-6-2-1-3-7-25/h1-4,6-13,20,34H,5,14-19,21-23H2,(H2,30,31,35). The first-order valence-electron chi connectivity index (χ1n) is 12.6. The van der Waals surface area contributed by atoms with Crippen molar-refractivity contribution in [3.8, 4) is 5.75 Å². The highest BCUT2D eigenvalue weighted by molar-refractivity contribution is 5.89. The molecule has 0 radical (unpaired) electrons. The molecule has 0 atom stereocenters. The van der Waals surface area contributed by atoms with E-state index in [9.17, 15) is 4.79 Å². The second-order valence-electron chi connectivity index (χ2n) is 9.13. The smallest absolute Gasteiger partial charge is 0.319 e. The number of aliphatic hydroxyl groups is 1. The number of urea groups is 1. The van der Waals surface area contributed by atoms with Crippen LogP contribution in [-0.2, 0) is 19.7 Å². The van der Waals surface area contributed by atoms with Gasteiger partial charge in [-0.2, -0.15) is 0 Å². The summed E-state index contributed by atoms with van der Waals surface area (Å²) in [6.45, 7) is 6.70. The quantitative estimate of drug-likeness (QED) is 0.401. The Balaban J connectivity index is 1.22. The fraction of sp³-hybridized carbons (Fsp3) is 0.345. The maximum atomic E-state index is 11.9. The van der Waals surface area contributed by atoms with E-state index in [1.807, 2.05) is 36.4 Å². The number of anilines is 1. The zero-order valence-corrected chi connectivity index (χ0v) is 20.7. The third-order valence-corrected chi connectivity index (χ3v) is 6.25. The Morgan fingerprint density at radius 1 is 0.806 bits per heavy atom. The van der Waals surface area contributed by atoms with Crippen LogP contribution in [0, 0.1) is 0 Å². The normalized spacial score (nSPS) is 14.7. The number of rotatable bonds is 10. The zero-order valence-electron chi connectivity index (χ0n) is 20.7. The van der Waals surface area contributed by atoms with Crippen LogP contribution >= 0.6 is 0 Å². The Labute approximate surface area is 213 Å². The second kappa shape index (κ2) is 13.6. The highest BCUT2D eigenvalue weighted by atomic mass is 16.5. The molecule has 3 N–H and O–H groups in total. The number of hydrogen-bond donors (Lipinski definition) is 3. The molecule has 1 fully saturated rings. The van der Waals surface area contributed by atoms with E-state index in [2.05, 4.69) is 62.9 Å². The Bertz CT molecular complexity index is 1080. The summed E-state index contributed by atoms with van der Waals surface area (Å²) in [6.07, 6.45) is 1.12. The molecule has 2 amide bonds. The SMILES string of the molecule is O=C(NCCO)Nc1cccc(CN2CCCN(Cc3ccc(OCc4ccccc4)cc3)CC2)c1. The van der Waals surface area contributed by atoms with Crippen LogP contribution in [0.25, 0.3) is 0 Å². The molecular formula is C29H36N4O3. The Morgan fingerprint density at radius 2 is 1.50 bits per heavy atom. The fourth-order valence-corrected chi connectivity index (χ4v) is 4.38. The van der Waals surface area contributed by atoms with Crippen molar-refractivity contribution in [2.75, 3.05) is 44.6 Å². The molecule has 0 saturated carbocycles. The predicted octanol–water partition coefficient (Wildman–Crippen LogP) is 4.09. The summed E-state index contributed by atoms with van der Waals surface area (Å²) in [5.41, 5.74) is 4.40. The number of ether oxygens (including phenoxy) is 1. The molecule has 0 aromatic heterocycles. The van der Waals surface area contributed by atoms with E-state index >= 15 is 0 Å². The van der Waals surface area contributed by atoms with Gasteiger partial charge in [-0.05, 0) is 60.5 Å². The summed E-state index contributed by atoms with van der Waals surface area (Å²) in [7, 11) is 0. The van der Waals surface area contributed by atoms with Gasteiger partial charge in [0.15, 0.2) is 0 Å². The van der Waals surface area contributed by atoms with Crippen LogP contribution in [0.3, 0.4) is 0 Å². The number of carbonyl (C=O) groups excluding carboxylic acids is 1. The Kier molecular flexibility index (Phi) is 9.73. The lowest BCUT2D eigenvalue weighted by Crippen LogP contribution is -2.31. The first-order valence-corrected chi connectivity index (χ1v) is 12.6. The number of benzene rings is 3. The molecule has 1 saturated heterocycles. The van der Waals surface area contributed by atoms with Gasteiger partial charge in [0.1, 0.15) is 12.4 Å². The number of nitrogens with one attached hydrogen (secondary N) is 2. The molecule has 36 heavy (non-hydrogen) atoms. The minimum atomic E-state index is -0.303. The van der Waals surface area contributed by atoms with Crippen molar-refractivity contribution in [3.63, 3.8) is 0 Å². The number of aliphatic hydroxyl groups excluding tert-OH is 1. The summed E-state index contributed by atoms with van der Waals surface area (Å²) in [4.78, 5) is 16.9. The predicted molar refractivity (Wildman–Crippen MR) is 143 cm³/mol.